The summed E-state index contributed by atoms with van der Waals surface area (Å²) < 4.78 is 160. The Morgan fingerprint density at radius 2 is 1.13 bits per heavy atom. The minimum Gasteiger partial charge on any atom is -0.505 e. The molecule has 0 aliphatic heterocycles. The van der Waals surface area contributed by atoms with Crippen LogP contribution in [0.15, 0.2) is 153 Å². The molecule has 0 radical (unpaired) electrons. The minimum atomic E-state index is -5.35. The molecule has 30 heteroatoms. The Morgan fingerprint density at radius 1 is 0.612 bits per heavy atom. The van der Waals surface area contributed by atoms with Gasteiger partial charge in [0.25, 0.3) is 30.3 Å². The number of rotatable bonds is 17. The number of ether oxygens (including phenoxy) is 1. The van der Waals surface area contributed by atoms with E-state index < -0.39 is 104 Å². The molecule has 0 aliphatic carbocycles. The van der Waals surface area contributed by atoms with Crippen LogP contribution in [0.5, 0.6) is 11.5 Å². The second kappa shape index (κ2) is 19.3. The van der Waals surface area contributed by atoms with E-state index in [4.69, 9.17) is 20.8 Å². The molecule has 0 atom stereocenters. The number of fused-ring (bicyclic) bond motifs is 1. The lowest BCUT2D eigenvalue weighted by Gasteiger charge is -2.14. The largest absolute Gasteiger partial charge is 0.505 e. The Hall–Kier alpha value is -6.64. The van der Waals surface area contributed by atoms with Crippen molar-refractivity contribution in [2.45, 2.75) is 19.6 Å². The number of anilines is 3. The molecule has 0 fully saturated rings. The van der Waals surface area contributed by atoms with Crippen LogP contribution in [-0.2, 0) is 49.2 Å². The zero-order valence-corrected chi connectivity index (χ0v) is 38.7. The molecule has 0 unspecified atom stereocenters. The molecule has 9 N–H and O–H groups in total. The summed E-state index contributed by atoms with van der Waals surface area (Å²) in [5.74, 6) is -1.95. The summed E-state index contributed by atoms with van der Waals surface area (Å²) in [5, 5.41) is 33.6. The smallest absolute Gasteiger partial charge is 0.319 e. The summed E-state index contributed by atoms with van der Waals surface area (Å²) in [4.78, 5) is -2.75. The third-order valence-corrected chi connectivity index (χ3v) is 16.1. The van der Waals surface area contributed by atoms with E-state index in [2.05, 4.69) is 35.4 Å². The fraction of sp³-hybridized carbons (Fsp3) is 0.0811. The standard InChI is InChI=1S/C37H33N9O15S6/c1-61-31-18-21(38)2-15-29(31)43-40-22-3-5-25(6-4-22)46-64(50,51)27-13-9-23(10-14-27)41-44-30-20-32(65(52,53)54)28-19-33(66(55,56)57)36(37(47)34(28)35(30)39)45-42-24-7-11-26(12-8-24)63(48,49)17-16-62-67(58,59)60/h2-15,18-20,46-47H,16-17,38-39H2,1H3,(H,52,53,54)(H,55,56,57)(H,58,59,60). The fourth-order valence-electron chi connectivity index (χ4n) is 5.80. The number of nitrogen functional groups attached to an aromatic ring is 2. The highest BCUT2D eigenvalue weighted by molar-refractivity contribution is 8.70. The van der Waals surface area contributed by atoms with Gasteiger partial charge in [0.2, 0.25) is 0 Å². The van der Waals surface area contributed by atoms with Crippen molar-refractivity contribution in [2.75, 3.05) is 34.8 Å². The predicted octanol–water partition coefficient (Wildman–Crippen LogP) is 7.57. The Kier molecular flexibility index (Phi) is 14.3. The Bertz CT molecular complexity index is 3580. The molecule has 0 amide bonds. The SMILES string of the molecule is COc1cc(N)ccc1N=Nc1ccc(NS(=O)(=O)c2ccc(N=Nc3cc(S(=O)(=O)O)c4cc(S(=O)(=O)O)c(N=Nc5ccc(S(=O)(=O)CCSS(=O)(=O)O)cc5)c(O)c4c3N)cc2)cc1. The number of azo groups is 3. The molecular weight excluding hydrogens is 1000 g/mol. The zero-order valence-electron chi connectivity index (χ0n) is 33.8. The molecule has 0 spiro atoms. The number of methoxy groups -OCH3 is 1. The molecule has 0 saturated carbocycles. The maximum Gasteiger partial charge on any atom is 0.319 e. The van der Waals surface area contributed by atoms with E-state index in [9.17, 15) is 56.3 Å². The average molecular weight is 1040 g/mol. The van der Waals surface area contributed by atoms with Gasteiger partial charge in [-0.1, -0.05) is 0 Å². The average Bonchev–Trinajstić information content (AvgIpc) is 3.24. The monoisotopic (exact) mass is 1040 g/mol. The first-order valence-electron chi connectivity index (χ1n) is 18.2. The van der Waals surface area contributed by atoms with E-state index >= 15 is 0 Å². The Labute approximate surface area is 385 Å². The van der Waals surface area contributed by atoms with Gasteiger partial charge in [-0.2, -0.15) is 40.6 Å². The van der Waals surface area contributed by atoms with Crippen LogP contribution in [0.3, 0.4) is 0 Å². The van der Waals surface area contributed by atoms with Crippen molar-refractivity contribution in [3.05, 3.63) is 103 Å². The first-order valence-corrected chi connectivity index (χ1v) is 27.1. The lowest BCUT2D eigenvalue weighted by atomic mass is 10.0. The lowest BCUT2D eigenvalue weighted by Crippen LogP contribution is -2.12. The van der Waals surface area contributed by atoms with Crippen molar-refractivity contribution in [1.82, 2.24) is 0 Å². The second-order valence-corrected chi connectivity index (χ2v) is 23.5. The van der Waals surface area contributed by atoms with Gasteiger partial charge in [-0.15, -0.1) is 15.3 Å². The van der Waals surface area contributed by atoms with Crippen LogP contribution in [0.1, 0.15) is 0 Å². The molecule has 24 nitrogen and oxygen atoms in total. The third-order valence-electron chi connectivity index (χ3n) is 8.94. The number of hydrogen-bond acceptors (Lipinski definition) is 21. The van der Waals surface area contributed by atoms with Crippen molar-refractivity contribution in [1.29, 1.82) is 0 Å². The van der Waals surface area contributed by atoms with Crippen molar-refractivity contribution < 1.29 is 65.6 Å². The van der Waals surface area contributed by atoms with E-state index in [-0.39, 0.29) is 37.6 Å². The minimum absolute atomic E-state index is 0.00413. The Morgan fingerprint density at radius 3 is 1.67 bits per heavy atom. The molecule has 0 aromatic heterocycles. The topological polar surface area (TPSA) is 399 Å². The summed E-state index contributed by atoms with van der Waals surface area (Å²) >= 11 is 0. The van der Waals surface area contributed by atoms with Crippen LogP contribution >= 0.6 is 10.8 Å². The number of sulfonamides is 1. The molecule has 6 rings (SSSR count). The molecule has 352 valence electrons. The Balaban J connectivity index is 1.26. The quantitative estimate of drug-likeness (QED) is 0.0200. The van der Waals surface area contributed by atoms with Gasteiger partial charge in [-0.3, -0.25) is 18.4 Å². The highest BCUT2D eigenvalue weighted by Gasteiger charge is 2.29. The molecule has 0 bridgehead atoms. The van der Waals surface area contributed by atoms with Gasteiger partial charge >= 0.3 is 9.15 Å². The van der Waals surface area contributed by atoms with Crippen LogP contribution < -0.4 is 20.9 Å². The van der Waals surface area contributed by atoms with E-state index in [0.717, 1.165) is 24.3 Å². The normalized spacial score (nSPS) is 13.0. The van der Waals surface area contributed by atoms with Gasteiger partial charge in [-0.25, -0.2) is 16.8 Å². The number of hydrogen-bond donors (Lipinski definition) is 7. The lowest BCUT2D eigenvalue weighted by molar-refractivity contribution is 0.416. The third kappa shape index (κ3) is 12.2. The number of aromatic hydroxyl groups is 1. The van der Waals surface area contributed by atoms with Crippen LogP contribution in [0.2, 0.25) is 0 Å². The number of phenolic OH excluding ortho intramolecular Hbond substituents is 1. The molecule has 0 aliphatic rings. The van der Waals surface area contributed by atoms with Crippen molar-refractivity contribution >= 4 is 122 Å². The summed E-state index contributed by atoms with van der Waals surface area (Å²) in [5.41, 5.74) is 11.3. The number of phenols is 1. The highest BCUT2D eigenvalue weighted by Crippen LogP contribution is 2.48. The summed E-state index contributed by atoms with van der Waals surface area (Å²) in [6.45, 7) is 0. The number of benzene rings is 6. The predicted molar refractivity (Wildman–Crippen MR) is 246 cm³/mol. The van der Waals surface area contributed by atoms with Crippen LogP contribution in [0.25, 0.3) is 10.8 Å². The molecule has 6 aromatic carbocycles. The maximum atomic E-state index is 13.2. The number of nitrogens with one attached hydrogen (secondary N) is 1. The van der Waals surface area contributed by atoms with Crippen molar-refractivity contribution in [2.24, 2.45) is 30.7 Å². The van der Waals surface area contributed by atoms with Crippen LogP contribution in [0, 0.1) is 0 Å². The molecule has 67 heavy (non-hydrogen) atoms. The van der Waals surface area contributed by atoms with Gasteiger partial charge in [0.1, 0.15) is 32.6 Å². The number of nitrogens with zero attached hydrogens (tertiary/aromatic N) is 6. The molecule has 0 saturated heterocycles. The van der Waals surface area contributed by atoms with Crippen molar-refractivity contribution in [3.8, 4) is 11.5 Å². The fourth-order valence-corrected chi connectivity index (χ4v) is 11.6. The van der Waals surface area contributed by atoms with E-state index in [1.54, 1.807) is 18.2 Å². The zero-order chi connectivity index (χ0) is 49.1. The second-order valence-electron chi connectivity index (χ2n) is 13.5. The van der Waals surface area contributed by atoms with E-state index in [0.29, 0.717) is 34.9 Å². The van der Waals surface area contributed by atoms with Gasteiger partial charge in [0, 0.05) is 28.6 Å². The first kappa shape index (κ1) is 49.8. The number of sulfone groups is 1. The maximum absolute atomic E-state index is 13.2. The molecule has 0 heterocycles. The summed E-state index contributed by atoms with van der Waals surface area (Å²) in [7, 11) is -21.9. The summed E-state index contributed by atoms with van der Waals surface area (Å²) in [6.07, 6.45) is 0. The molecular formula is C37H33N9O15S6. The van der Waals surface area contributed by atoms with Gasteiger partial charge in [0.15, 0.2) is 15.6 Å². The molecule has 6 aromatic rings. The van der Waals surface area contributed by atoms with Gasteiger partial charge in [-0.05, 0) is 108 Å². The van der Waals surface area contributed by atoms with Gasteiger partial charge in [0.05, 0.1) is 50.8 Å². The van der Waals surface area contributed by atoms with E-state index in [1.807, 2.05) is 0 Å². The number of nitrogens with two attached hydrogens (primary N) is 2. The van der Waals surface area contributed by atoms with Crippen LogP contribution in [0.4, 0.5) is 51.2 Å². The van der Waals surface area contributed by atoms with Crippen molar-refractivity contribution in [3.63, 3.8) is 0 Å². The summed E-state index contributed by atoms with van der Waals surface area (Å²) in [6, 6.07) is 21.1. The van der Waals surface area contributed by atoms with Crippen LogP contribution in [-0.4, -0.2) is 79.5 Å². The van der Waals surface area contributed by atoms with Gasteiger partial charge < -0.3 is 21.3 Å². The van der Waals surface area contributed by atoms with E-state index in [1.165, 1.54) is 55.6 Å². The highest BCUT2D eigenvalue weighted by atomic mass is 33.1. The first-order chi connectivity index (χ1) is 31.3.